The van der Waals surface area contributed by atoms with Crippen molar-refractivity contribution in [2.75, 3.05) is 18.4 Å². The van der Waals surface area contributed by atoms with Crippen LogP contribution in [-0.2, 0) is 0 Å². The van der Waals surface area contributed by atoms with Gasteiger partial charge in [0.2, 0.25) is 0 Å². The molecular weight excluding hydrogens is 341 g/mol. The van der Waals surface area contributed by atoms with E-state index in [1.54, 1.807) is 34.9 Å². The van der Waals surface area contributed by atoms with E-state index in [0.29, 0.717) is 33.4 Å². The molecule has 0 fully saturated rings. The van der Waals surface area contributed by atoms with Crippen molar-refractivity contribution in [2.24, 2.45) is 10.9 Å². The molecule has 0 saturated carbocycles. The fourth-order valence-corrected chi connectivity index (χ4v) is 3.23. The Labute approximate surface area is 145 Å². The molecule has 1 aromatic carbocycles. The summed E-state index contributed by atoms with van der Waals surface area (Å²) >= 11 is 13.5. The molecule has 0 saturated heterocycles. The van der Waals surface area contributed by atoms with Crippen molar-refractivity contribution >= 4 is 51.8 Å². The Morgan fingerprint density at radius 1 is 1.45 bits per heavy atom. The smallest absolute Gasteiger partial charge is 0.307 e. The van der Waals surface area contributed by atoms with E-state index in [4.69, 9.17) is 23.2 Å². The van der Waals surface area contributed by atoms with Crippen molar-refractivity contribution in [1.29, 1.82) is 0 Å². The third kappa shape index (κ3) is 4.54. The zero-order valence-electron chi connectivity index (χ0n) is 12.8. The van der Waals surface area contributed by atoms with Crippen LogP contribution in [0.15, 0.2) is 23.2 Å². The van der Waals surface area contributed by atoms with Gasteiger partial charge < -0.3 is 5.32 Å². The Balaban J connectivity index is 2.13. The van der Waals surface area contributed by atoms with Crippen molar-refractivity contribution in [3.05, 3.63) is 28.2 Å². The first-order valence-corrected chi connectivity index (χ1v) is 8.75. The highest BCUT2D eigenvalue weighted by molar-refractivity contribution is 8.14. The number of carbonyl (C=O) groups is 1. The molecule has 0 aliphatic carbocycles. The maximum absolute atomic E-state index is 12.6. The van der Waals surface area contributed by atoms with Crippen LogP contribution in [0.4, 0.5) is 10.5 Å². The molecule has 1 aromatic rings. The first-order chi connectivity index (χ1) is 10.4. The lowest BCUT2D eigenvalue weighted by molar-refractivity contribution is 0.230. The average Bonchev–Trinajstić information content (AvgIpc) is 2.86. The summed E-state index contributed by atoms with van der Waals surface area (Å²) in [6.07, 6.45) is 0. The van der Waals surface area contributed by atoms with E-state index in [-0.39, 0.29) is 6.03 Å². The zero-order valence-corrected chi connectivity index (χ0v) is 15.1. The molecule has 120 valence electrons. The highest BCUT2D eigenvalue weighted by Crippen LogP contribution is 2.27. The molecule has 4 nitrogen and oxygen atoms in total. The molecule has 1 heterocycles. The second-order valence-corrected chi connectivity index (χ2v) is 7.84. The lowest BCUT2D eigenvalue weighted by atomic mass is 10.2. The van der Waals surface area contributed by atoms with Crippen molar-refractivity contribution in [2.45, 2.75) is 26.0 Å². The Hall–Kier alpha value is -0.910. The van der Waals surface area contributed by atoms with Gasteiger partial charge in [-0.2, -0.15) is 0 Å². The largest absolute Gasteiger partial charge is 0.327 e. The number of carbonyl (C=O) groups excluding carboxylic acids is 1. The lowest BCUT2D eigenvalue weighted by Crippen LogP contribution is -2.40. The number of nitrogens with one attached hydrogen (secondary N) is 1. The third-order valence-electron chi connectivity index (χ3n) is 2.98. The summed E-state index contributed by atoms with van der Waals surface area (Å²) in [6.45, 7) is 7.61. The summed E-state index contributed by atoms with van der Waals surface area (Å²) < 4.78 is 0. The SMILES string of the molecule is CC(C)CN(C(=O)Nc1ccc(Cl)c(Cl)c1)C1=NCC(C)S1. The van der Waals surface area contributed by atoms with Crippen LogP contribution in [-0.4, -0.2) is 34.4 Å². The maximum atomic E-state index is 12.6. The van der Waals surface area contributed by atoms with Crippen LogP contribution in [0, 0.1) is 5.92 Å². The Morgan fingerprint density at radius 3 is 2.73 bits per heavy atom. The van der Waals surface area contributed by atoms with Crippen LogP contribution in [0.1, 0.15) is 20.8 Å². The number of benzene rings is 1. The second-order valence-electron chi connectivity index (χ2n) is 5.62. The molecule has 1 N–H and O–H groups in total. The van der Waals surface area contributed by atoms with E-state index in [9.17, 15) is 4.79 Å². The predicted octanol–water partition coefficient (Wildman–Crippen LogP) is 4.97. The van der Waals surface area contributed by atoms with Gasteiger partial charge in [-0.3, -0.25) is 9.89 Å². The number of nitrogens with zero attached hydrogens (tertiary/aromatic N) is 2. The number of urea groups is 1. The first kappa shape index (κ1) is 17.4. The zero-order chi connectivity index (χ0) is 16.3. The lowest BCUT2D eigenvalue weighted by Gasteiger charge is -2.24. The van der Waals surface area contributed by atoms with Gasteiger partial charge in [-0.05, 0) is 24.1 Å². The van der Waals surface area contributed by atoms with Gasteiger partial charge in [-0.25, -0.2) is 4.79 Å². The number of rotatable bonds is 3. The van der Waals surface area contributed by atoms with Crippen LogP contribution in [0.2, 0.25) is 10.0 Å². The maximum Gasteiger partial charge on any atom is 0.327 e. The minimum Gasteiger partial charge on any atom is -0.307 e. The second kappa shape index (κ2) is 7.57. The molecule has 0 radical (unpaired) electrons. The van der Waals surface area contributed by atoms with Crippen molar-refractivity contribution in [3.8, 4) is 0 Å². The highest BCUT2D eigenvalue weighted by Gasteiger charge is 2.26. The van der Waals surface area contributed by atoms with E-state index in [2.05, 4.69) is 31.1 Å². The highest BCUT2D eigenvalue weighted by atomic mass is 35.5. The summed E-state index contributed by atoms with van der Waals surface area (Å²) in [4.78, 5) is 18.7. The first-order valence-electron chi connectivity index (χ1n) is 7.11. The predicted molar refractivity (Wildman–Crippen MR) is 96.4 cm³/mol. The molecule has 0 bridgehead atoms. The van der Waals surface area contributed by atoms with Gasteiger partial charge in [0.1, 0.15) is 0 Å². The molecule has 22 heavy (non-hydrogen) atoms. The molecule has 0 spiro atoms. The molecule has 7 heteroatoms. The number of halogens is 2. The fraction of sp³-hybridized carbons (Fsp3) is 0.467. The summed E-state index contributed by atoms with van der Waals surface area (Å²) in [5.41, 5.74) is 0.616. The Kier molecular flexibility index (Phi) is 6.01. The number of hydrogen-bond donors (Lipinski definition) is 1. The van der Waals surface area contributed by atoms with Gasteiger partial charge >= 0.3 is 6.03 Å². The molecule has 2 amide bonds. The molecule has 1 aliphatic heterocycles. The number of thioether (sulfide) groups is 1. The van der Waals surface area contributed by atoms with Crippen LogP contribution in [0.25, 0.3) is 0 Å². The third-order valence-corrected chi connectivity index (χ3v) is 4.84. The number of anilines is 1. The molecule has 1 unspecified atom stereocenters. The van der Waals surface area contributed by atoms with Gasteiger partial charge in [0.15, 0.2) is 5.17 Å². The van der Waals surface area contributed by atoms with E-state index >= 15 is 0 Å². The van der Waals surface area contributed by atoms with Gasteiger partial charge in [-0.15, -0.1) is 0 Å². The summed E-state index contributed by atoms with van der Waals surface area (Å²) in [5, 5.41) is 4.91. The molecule has 1 atom stereocenters. The average molecular weight is 360 g/mol. The molecule has 1 aliphatic rings. The Morgan fingerprint density at radius 2 is 2.18 bits per heavy atom. The monoisotopic (exact) mass is 359 g/mol. The normalized spacial score (nSPS) is 17.5. The van der Waals surface area contributed by atoms with Gasteiger partial charge in [0.25, 0.3) is 0 Å². The van der Waals surface area contributed by atoms with Gasteiger partial charge in [-0.1, -0.05) is 55.7 Å². The quantitative estimate of drug-likeness (QED) is 0.827. The molecule has 2 rings (SSSR count). The van der Waals surface area contributed by atoms with Crippen LogP contribution in [0.5, 0.6) is 0 Å². The topological polar surface area (TPSA) is 44.7 Å². The van der Waals surface area contributed by atoms with Crippen LogP contribution < -0.4 is 5.32 Å². The van der Waals surface area contributed by atoms with Crippen LogP contribution in [0.3, 0.4) is 0 Å². The van der Waals surface area contributed by atoms with E-state index in [0.717, 1.165) is 11.7 Å². The van der Waals surface area contributed by atoms with Crippen molar-refractivity contribution in [1.82, 2.24) is 4.90 Å². The minimum absolute atomic E-state index is 0.201. The number of aliphatic imine (C=N–C) groups is 1. The fourth-order valence-electron chi connectivity index (χ4n) is 1.99. The number of amidine groups is 1. The van der Waals surface area contributed by atoms with Gasteiger partial charge in [0, 0.05) is 17.5 Å². The van der Waals surface area contributed by atoms with Crippen molar-refractivity contribution < 1.29 is 4.79 Å². The van der Waals surface area contributed by atoms with E-state index < -0.39 is 0 Å². The summed E-state index contributed by atoms with van der Waals surface area (Å²) in [7, 11) is 0. The van der Waals surface area contributed by atoms with E-state index in [1.165, 1.54) is 0 Å². The summed E-state index contributed by atoms with van der Waals surface area (Å²) in [6, 6.07) is 4.83. The summed E-state index contributed by atoms with van der Waals surface area (Å²) in [5.74, 6) is 0.346. The Bertz CT molecular complexity index is 592. The minimum atomic E-state index is -0.201. The van der Waals surface area contributed by atoms with Crippen LogP contribution >= 0.6 is 35.0 Å². The van der Waals surface area contributed by atoms with Crippen molar-refractivity contribution in [3.63, 3.8) is 0 Å². The molecule has 0 aromatic heterocycles. The molecular formula is C15H19Cl2N3OS. The standard InChI is InChI=1S/C15H19Cl2N3OS/c1-9(2)8-20(15-18-7-10(3)22-15)14(21)19-11-4-5-12(16)13(17)6-11/h4-6,9-10H,7-8H2,1-3H3,(H,19,21). The van der Waals surface area contributed by atoms with Gasteiger partial charge in [0.05, 0.1) is 16.6 Å². The number of hydrogen-bond acceptors (Lipinski definition) is 3. The number of amides is 2. The van der Waals surface area contributed by atoms with E-state index in [1.807, 2.05) is 0 Å².